The van der Waals surface area contributed by atoms with Crippen molar-refractivity contribution in [1.82, 2.24) is 0 Å². The molecule has 8 rings (SSSR count). The topological polar surface area (TPSA) is 46.2 Å². The van der Waals surface area contributed by atoms with Crippen molar-refractivity contribution in [2.75, 3.05) is 39.6 Å². The van der Waals surface area contributed by atoms with Gasteiger partial charge in [0.05, 0.1) is 50.8 Å². The van der Waals surface area contributed by atoms with Gasteiger partial charge in [0, 0.05) is 0 Å². The Morgan fingerprint density at radius 2 is 0.521 bits per heavy atom. The lowest BCUT2D eigenvalue weighted by Crippen LogP contribution is -2.35. The van der Waals surface area contributed by atoms with Crippen LogP contribution < -0.4 is 0 Å². The van der Waals surface area contributed by atoms with Gasteiger partial charge in [-0.1, -0.05) is 206 Å². The number of halogens is 6. The second-order valence-electron chi connectivity index (χ2n) is 16.8. The number of alkyl halides is 6. The zero-order valence-corrected chi connectivity index (χ0v) is 38.6. The van der Waals surface area contributed by atoms with Crippen molar-refractivity contribution < 1.29 is 50.0 Å². The van der Waals surface area contributed by atoms with E-state index in [2.05, 4.69) is 0 Å². The highest BCUT2D eigenvalue weighted by Gasteiger charge is 2.40. The monoisotopic (exact) mass is 966 g/mol. The second-order valence-corrected chi connectivity index (χ2v) is 16.8. The highest BCUT2D eigenvalue weighted by atomic mass is 19.4. The normalized spacial score (nSPS) is 13.2. The van der Waals surface area contributed by atoms with Gasteiger partial charge in [0.1, 0.15) is 23.4 Å². The Bertz CT molecular complexity index is 2410. The van der Waals surface area contributed by atoms with Crippen LogP contribution in [0.15, 0.2) is 231 Å². The molecular weight excluding hydrogens is 915 g/mol. The minimum atomic E-state index is -4.53. The highest BCUT2D eigenvalue weighted by Crippen LogP contribution is 2.43. The van der Waals surface area contributed by atoms with Crippen LogP contribution in [-0.4, -0.2) is 39.6 Å². The zero-order chi connectivity index (χ0) is 49.6. The maximum atomic E-state index is 13.7. The molecule has 364 valence electrons. The van der Waals surface area contributed by atoms with E-state index in [0.29, 0.717) is 11.1 Å². The predicted molar refractivity (Wildman–Crippen MR) is 261 cm³/mol. The molecule has 8 aromatic carbocycles. The average Bonchev–Trinajstić information content (AvgIpc) is 3.41. The third-order valence-corrected chi connectivity index (χ3v) is 12.3. The molecule has 2 atom stereocenters. The van der Waals surface area contributed by atoms with Crippen LogP contribution in [0.25, 0.3) is 0 Å². The summed E-state index contributed by atoms with van der Waals surface area (Å²) in [4.78, 5) is 0. The molecule has 0 saturated carbocycles. The zero-order valence-electron chi connectivity index (χ0n) is 38.6. The third kappa shape index (κ3) is 12.2. The van der Waals surface area contributed by atoms with Crippen molar-refractivity contribution in [3.63, 3.8) is 0 Å². The fourth-order valence-electron chi connectivity index (χ4n) is 8.79. The molecule has 0 saturated heterocycles. The first-order valence-corrected chi connectivity index (χ1v) is 23.2. The van der Waals surface area contributed by atoms with E-state index in [0.717, 1.165) is 57.6 Å². The van der Waals surface area contributed by atoms with E-state index in [4.69, 9.17) is 23.7 Å². The smallest absolute Gasteiger partial charge is 0.377 e. The molecule has 0 aromatic heterocycles. The summed E-state index contributed by atoms with van der Waals surface area (Å²) >= 11 is 0. The average molecular weight is 967 g/mol. The van der Waals surface area contributed by atoms with E-state index >= 15 is 0 Å². The van der Waals surface area contributed by atoms with E-state index < -0.39 is 46.9 Å². The Labute approximate surface area is 410 Å². The molecule has 71 heavy (non-hydrogen) atoms. The van der Waals surface area contributed by atoms with Gasteiger partial charge in [0.15, 0.2) is 0 Å². The van der Waals surface area contributed by atoms with Gasteiger partial charge in [-0.2, -0.15) is 26.3 Å². The Balaban J connectivity index is 0.995. The largest absolute Gasteiger partial charge is 0.416 e. The molecule has 0 aliphatic heterocycles. The van der Waals surface area contributed by atoms with Gasteiger partial charge in [0.2, 0.25) is 0 Å². The summed E-state index contributed by atoms with van der Waals surface area (Å²) in [6.45, 7) is 0.0911. The van der Waals surface area contributed by atoms with Crippen LogP contribution in [-0.2, 0) is 47.2 Å². The minimum Gasteiger partial charge on any atom is -0.377 e. The van der Waals surface area contributed by atoms with Crippen molar-refractivity contribution in [3.8, 4) is 0 Å². The Kier molecular flexibility index (Phi) is 16.6. The van der Waals surface area contributed by atoms with Crippen LogP contribution in [0.3, 0.4) is 0 Å². The molecule has 0 unspecified atom stereocenters. The second kappa shape index (κ2) is 23.4. The van der Waals surface area contributed by atoms with Gasteiger partial charge < -0.3 is 23.7 Å². The molecule has 11 heteroatoms. The molecule has 0 heterocycles. The van der Waals surface area contributed by atoms with Gasteiger partial charge >= 0.3 is 12.4 Å². The Hall–Kier alpha value is -6.86. The van der Waals surface area contributed by atoms with E-state index in [-0.39, 0.29) is 39.6 Å². The molecule has 0 bridgehead atoms. The maximum absolute atomic E-state index is 13.7. The lowest BCUT2D eigenvalue weighted by molar-refractivity contribution is -0.138. The van der Waals surface area contributed by atoms with Crippen molar-refractivity contribution in [2.24, 2.45) is 0 Å². The van der Waals surface area contributed by atoms with Gasteiger partial charge in [-0.05, 0) is 68.8 Å². The molecule has 8 aromatic rings. The maximum Gasteiger partial charge on any atom is 0.416 e. The summed E-state index contributed by atoms with van der Waals surface area (Å²) in [5.41, 5.74) is 2.19. The van der Waals surface area contributed by atoms with Crippen LogP contribution in [0.5, 0.6) is 0 Å². The first kappa shape index (κ1) is 50.5. The summed E-state index contributed by atoms with van der Waals surface area (Å²) in [7, 11) is 0. The van der Waals surface area contributed by atoms with E-state index in [1.165, 1.54) is 24.3 Å². The molecule has 0 fully saturated rings. The lowest BCUT2D eigenvalue weighted by Gasteiger charge is -2.37. The van der Waals surface area contributed by atoms with Crippen molar-refractivity contribution in [1.29, 1.82) is 0 Å². The molecule has 0 N–H and O–H groups in total. The van der Waals surface area contributed by atoms with Crippen LogP contribution in [0.1, 0.15) is 67.8 Å². The van der Waals surface area contributed by atoms with Gasteiger partial charge in [-0.25, -0.2) is 0 Å². The highest BCUT2D eigenvalue weighted by molar-refractivity contribution is 5.49. The molecule has 0 aliphatic rings. The van der Waals surface area contributed by atoms with Gasteiger partial charge in [-0.3, -0.25) is 0 Å². The molecule has 0 amide bonds. The summed E-state index contributed by atoms with van der Waals surface area (Å²) < 4.78 is 115. The van der Waals surface area contributed by atoms with Crippen molar-refractivity contribution in [3.05, 3.63) is 286 Å². The summed E-state index contributed by atoms with van der Waals surface area (Å²) in [6.07, 6.45) is -10.7. The standard InChI is InChI=1S/C60H52F6O5/c61-59(62,63)53-35-31-45(32-36-53)55(43-70-57(47-19-7-1-8-20-47,48-21-9-2-10-22-48)49-23-11-3-12-24-49)68-41-39-67-40-42-69-56(46-33-37-54(38-34-46)60(64,65)66)44-71-58(50-25-13-4-14-26-50,51-27-15-5-16-28-51)52-29-17-6-18-30-52/h1-38,55-56H,39-44H2/t55-,56-/m1/s1. The molecule has 5 nitrogen and oxygen atoms in total. The lowest BCUT2D eigenvalue weighted by atomic mass is 9.80. The van der Waals surface area contributed by atoms with E-state index in [9.17, 15) is 26.3 Å². The molecular formula is C60H52F6O5. The summed E-state index contributed by atoms with van der Waals surface area (Å²) in [5, 5.41) is 0. The fraction of sp³-hybridized carbons (Fsp3) is 0.200. The first-order valence-electron chi connectivity index (χ1n) is 23.2. The van der Waals surface area contributed by atoms with Crippen molar-refractivity contribution in [2.45, 2.75) is 35.8 Å². The number of rotatable bonds is 22. The number of ether oxygens (including phenoxy) is 5. The predicted octanol–water partition coefficient (Wildman–Crippen LogP) is 14.6. The molecule has 0 spiro atoms. The first-order chi connectivity index (χ1) is 34.5. The van der Waals surface area contributed by atoms with Gasteiger partial charge in [0.25, 0.3) is 0 Å². The number of hydrogen-bond acceptors (Lipinski definition) is 5. The Morgan fingerprint density at radius 1 is 0.282 bits per heavy atom. The van der Waals surface area contributed by atoms with Crippen LogP contribution in [0, 0.1) is 0 Å². The van der Waals surface area contributed by atoms with E-state index in [1.807, 2.05) is 182 Å². The Morgan fingerprint density at radius 3 is 0.746 bits per heavy atom. The summed E-state index contributed by atoms with van der Waals surface area (Å²) in [5.74, 6) is 0. The fourth-order valence-corrected chi connectivity index (χ4v) is 8.79. The van der Waals surface area contributed by atoms with Crippen LogP contribution >= 0.6 is 0 Å². The van der Waals surface area contributed by atoms with Crippen LogP contribution in [0.2, 0.25) is 0 Å². The van der Waals surface area contributed by atoms with Gasteiger partial charge in [-0.15, -0.1) is 0 Å². The molecule has 0 radical (unpaired) electrons. The summed E-state index contributed by atoms with van der Waals surface area (Å²) in [6, 6.07) is 68.0. The number of benzene rings is 8. The van der Waals surface area contributed by atoms with Crippen LogP contribution in [0.4, 0.5) is 26.3 Å². The van der Waals surface area contributed by atoms with Crippen molar-refractivity contribution >= 4 is 0 Å². The minimum absolute atomic E-state index is 0.0310. The van der Waals surface area contributed by atoms with E-state index in [1.54, 1.807) is 0 Å². The quantitative estimate of drug-likeness (QED) is 0.0385. The number of hydrogen-bond donors (Lipinski definition) is 0. The molecule has 0 aliphatic carbocycles. The third-order valence-electron chi connectivity index (χ3n) is 12.3. The SMILES string of the molecule is FC(F)(F)c1ccc([C@@H](COC(c2ccccc2)(c2ccccc2)c2ccccc2)OCCOCCO[C@H](COC(c2ccccc2)(c2ccccc2)c2ccccc2)c2ccc(C(F)(F)F)cc2)cc1.